The second kappa shape index (κ2) is 13.9. The molecular formula is C30H27Cl2IN2O5S. The Morgan fingerprint density at radius 1 is 1.00 bits per heavy atom. The molecule has 0 saturated carbocycles. The van der Waals surface area contributed by atoms with E-state index in [9.17, 15) is 9.59 Å². The molecule has 3 aromatic rings. The number of thiocarbonyl (C=S) groups is 1. The van der Waals surface area contributed by atoms with Gasteiger partial charge in [-0.25, -0.2) is 0 Å². The maximum atomic E-state index is 13.7. The van der Waals surface area contributed by atoms with Gasteiger partial charge >= 0.3 is 5.97 Å². The van der Waals surface area contributed by atoms with Gasteiger partial charge in [-0.15, -0.1) is 0 Å². The highest BCUT2D eigenvalue weighted by atomic mass is 127. The lowest BCUT2D eigenvalue weighted by atomic mass is 10.1. The van der Waals surface area contributed by atoms with Crippen LogP contribution >= 0.6 is 58.0 Å². The lowest BCUT2D eigenvalue weighted by Crippen LogP contribution is -2.35. The smallest absolute Gasteiger partial charge is 0.325 e. The summed E-state index contributed by atoms with van der Waals surface area (Å²) < 4.78 is 17.7. The Bertz CT molecular complexity index is 1510. The van der Waals surface area contributed by atoms with Crippen LogP contribution < -0.4 is 14.4 Å². The molecule has 0 atom stereocenters. The van der Waals surface area contributed by atoms with E-state index in [1.165, 1.54) is 16.9 Å². The minimum Gasteiger partial charge on any atom is -0.490 e. The van der Waals surface area contributed by atoms with E-state index in [0.717, 1.165) is 21.1 Å². The lowest BCUT2D eigenvalue weighted by Gasteiger charge is -2.19. The topological polar surface area (TPSA) is 68.3 Å². The van der Waals surface area contributed by atoms with E-state index in [1.807, 2.05) is 43.3 Å². The fourth-order valence-electron chi connectivity index (χ4n) is 4.15. The molecule has 3 aromatic carbocycles. The highest BCUT2D eigenvalue weighted by Gasteiger charge is 2.40. The van der Waals surface area contributed by atoms with Crippen LogP contribution in [0.5, 0.6) is 11.5 Å². The van der Waals surface area contributed by atoms with E-state index >= 15 is 0 Å². The first-order valence-corrected chi connectivity index (χ1v) is 15.0. The van der Waals surface area contributed by atoms with Gasteiger partial charge in [-0.1, -0.05) is 48.3 Å². The summed E-state index contributed by atoms with van der Waals surface area (Å²) in [7, 11) is 1.29. The van der Waals surface area contributed by atoms with Gasteiger partial charge in [-0.3, -0.25) is 14.5 Å². The van der Waals surface area contributed by atoms with Crippen molar-refractivity contribution in [3.63, 3.8) is 0 Å². The van der Waals surface area contributed by atoms with Crippen molar-refractivity contribution in [2.75, 3.05) is 25.2 Å². The number of carbonyl (C=O) groups excluding carboxylic acids is 2. The van der Waals surface area contributed by atoms with Gasteiger partial charge in [0.15, 0.2) is 16.6 Å². The molecule has 7 nitrogen and oxygen atoms in total. The molecule has 1 saturated heterocycles. The molecule has 1 aliphatic heterocycles. The number of amides is 1. The van der Waals surface area contributed by atoms with Crippen LogP contribution in [0.25, 0.3) is 6.08 Å². The van der Waals surface area contributed by atoms with E-state index in [4.69, 9.17) is 49.6 Å². The Morgan fingerprint density at radius 2 is 1.71 bits per heavy atom. The van der Waals surface area contributed by atoms with Crippen molar-refractivity contribution >= 4 is 86.8 Å². The fourth-order valence-corrected chi connectivity index (χ4v) is 5.61. The van der Waals surface area contributed by atoms with Gasteiger partial charge in [0.1, 0.15) is 18.8 Å². The Hall–Kier alpha value is -2.86. The van der Waals surface area contributed by atoms with Crippen LogP contribution in [-0.4, -0.2) is 42.2 Å². The molecule has 41 heavy (non-hydrogen) atoms. The molecule has 0 bridgehead atoms. The first kappa shape index (κ1) is 31.1. The van der Waals surface area contributed by atoms with Crippen molar-refractivity contribution in [2.24, 2.45) is 0 Å². The summed E-state index contributed by atoms with van der Waals surface area (Å²) in [5.74, 6) is 0.185. The van der Waals surface area contributed by atoms with Crippen molar-refractivity contribution in [3.8, 4) is 11.5 Å². The maximum Gasteiger partial charge on any atom is 0.325 e. The predicted molar refractivity (Wildman–Crippen MR) is 174 cm³/mol. The SMILES string of the molecule is CCOc1cc(/C=C2/C(=O)N(c3ccc(CC)cc3)C(=S)N2CC(=O)OC)cc(I)c1OCc1ccc(Cl)c(Cl)c1. The third-order valence-electron chi connectivity index (χ3n) is 6.26. The summed E-state index contributed by atoms with van der Waals surface area (Å²) in [6.45, 7) is 4.37. The van der Waals surface area contributed by atoms with Gasteiger partial charge in [-0.2, -0.15) is 0 Å². The molecule has 0 spiro atoms. The first-order chi connectivity index (χ1) is 19.7. The maximum absolute atomic E-state index is 13.7. The minimum absolute atomic E-state index is 0.192. The molecule has 1 amide bonds. The summed E-state index contributed by atoms with van der Waals surface area (Å²) in [6.07, 6.45) is 2.55. The Labute approximate surface area is 268 Å². The Morgan fingerprint density at radius 3 is 2.34 bits per heavy atom. The number of carbonyl (C=O) groups is 2. The van der Waals surface area contributed by atoms with Gasteiger partial charge in [0.05, 0.1) is 33.0 Å². The van der Waals surface area contributed by atoms with Crippen molar-refractivity contribution < 1.29 is 23.8 Å². The molecule has 4 rings (SSSR count). The van der Waals surface area contributed by atoms with Crippen LogP contribution in [-0.2, 0) is 27.4 Å². The number of rotatable bonds is 10. The quantitative estimate of drug-likeness (QED) is 0.0942. The first-order valence-electron chi connectivity index (χ1n) is 12.7. The van der Waals surface area contributed by atoms with Crippen LogP contribution in [0.4, 0.5) is 5.69 Å². The molecule has 1 fully saturated rings. The number of halogens is 3. The van der Waals surface area contributed by atoms with E-state index in [1.54, 1.807) is 24.3 Å². The third kappa shape index (κ3) is 7.14. The Kier molecular flexibility index (Phi) is 10.5. The van der Waals surface area contributed by atoms with Gasteiger partial charge in [0, 0.05) is 0 Å². The highest BCUT2D eigenvalue weighted by Crippen LogP contribution is 2.37. The third-order valence-corrected chi connectivity index (χ3v) is 8.20. The number of ether oxygens (including phenoxy) is 3. The van der Waals surface area contributed by atoms with Gasteiger partial charge in [-0.05, 0) is 107 Å². The normalized spacial score (nSPS) is 14.1. The van der Waals surface area contributed by atoms with Gasteiger partial charge in [0.25, 0.3) is 5.91 Å². The molecular weight excluding hydrogens is 698 g/mol. The standard InChI is InChI=1S/C30H27Cl2IN2O5S/c1-4-18-6-9-21(10-7-18)35-29(37)25(34(30(35)41)16-27(36)38-3)14-20-13-24(33)28(26(15-20)39-5-2)40-17-19-8-11-22(31)23(32)12-19/h6-15H,4-5,16-17H2,1-3H3/b25-14-. The largest absolute Gasteiger partial charge is 0.490 e. The van der Waals surface area contributed by atoms with E-state index in [-0.39, 0.29) is 29.9 Å². The number of nitrogens with zero attached hydrogens (tertiary/aromatic N) is 2. The number of hydrogen-bond acceptors (Lipinski definition) is 6. The number of benzene rings is 3. The highest BCUT2D eigenvalue weighted by molar-refractivity contribution is 14.1. The van der Waals surface area contributed by atoms with Crippen LogP contribution in [0.2, 0.25) is 10.0 Å². The average Bonchev–Trinajstić information content (AvgIpc) is 3.18. The number of methoxy groups -OCH3 is 1. The van der Waals surface area contributed by atoms with Crippen molar-refractivity contribution in [1.29, 1.82) is 0 Å². The second-order valence-corrected chi connectivity index (χ2v) is 11.3. The van der Waals surface area contributed by atoms with Crippen molar-refractivity contribution in [1.82, 2.24) is 4.90 Å². The molecule has 11 heteroatoms. The van der Waals surface area contributed by atoms with Gasteiger partial charge < -0.3 is 19.1 Å². The molecule has 0 unspecified atom stereocenters. The van der Waals surface area contributed by atoms with Gasteiger partial charge in [0.2, 0.25) is 0 Å². The fraction of sp³-hybridized carbons (Fsp3) is 0.233. The second-order valence-electron chi connectivity index (χ2n) is 8.94. The van der Waals surface area contributed by atoms with Crippen LogP contribution in [0.1, 0.15) is 30.5 Å². The van der Waals surface area contributed by atoms with E-state index in [2.05, 4.69) is 29.5 Å². The zero-order chi connectivity index (χ0) is 29.7. The molecule has 0 aliphatic carbocycles. The predicted octanol–water partition coefficient (Wildman–Crippen LogP) is 7.29. The number of hydrogen-bond donors (Lipinski definition) is 0. The molecule has 214 valence electrons. The summed E-state index contributed by atoms with van der Waals surface area (Å²) in [5, 5.41) is 1.11. The summed E-state index contributed by atoms with van der Waals surface area (Å²) in [5.41, 5.74) is 3.50. The number of esters is 1. The zero-order valence-electron chi connectivity index (χ0n) is 22.6. The van der Waals surface area contributed by atoms with Crippen LogP contribution in [0.15, 0.2) is 60.3 Å². The van der Waals surface area contributed by atoms with Crippen LogP contribution in [0, 0.1) is 3.57 Å². The number of anilines is 1. The summed E-state index contributed by atoms with van der Waals surface area (Å²) in [6, 6.07) is 16.6. The summed E-state index contributed by atoms with van der Waals surface area (Å²) >= 11 is 20.0. The monoisotopic (exact) mass is 724 g/mol. The lowest BCUT2D eigenvalue weighted by molar-refractivity contribution is -0.140. The van der Waals surface area contributed by atoms with E-state index < -0.39 is 5.97 Å². The van der Waals surface area contributed by atoms with Crippen molar-refractivity contribution in [3.05, 3.63) is 90.6 Å². The molecule has 0 aromatic heterocycles. The average molecular weight is 725 g/mol. The van der Waals surface area contributed by atoms with Crippen LogP contribution in [0.3, 0.4) is 0 Å². The summed E-state index contributed by atoms with van der Waals surface area (Å²) in [4.78, 5) is 28.9. The Balaban J connectivity index is 1.70. The minimum atomic E-state index is -0.523. The molecule has 1 heterocycles. The molecule has 1 aliphatic rings. The molecule has 0 radical (unpaired) electrons. The van der Waals surface area contributed by atoms with E-state index in [0.29, 0.717) is 39.4 Å². The molecule has 0 N–H and O–H groups in total. The zero-order valence-corrected chi connectivity index (χ0v) is 27.1. The van der Waals surface area contributed by atoms with Crippen molar-refractivity contribution in [2.45, 2.75) is 26.9 Å². The number of aryl methyl sites for hydroxylation is 1.